The second-order valence-corrected chi connectivity index (χ2v) is 5.16. The minimum absolute atomic E-state index is 0.414. The van der Waals surface area contributed by atoms with Crippen LogP contribution in [-0.2, 0) is 4.79 Å². The fraction of sp³-hybridized carbons (Fsp3) is 0.533. The maximum absolute atomic E-state index is 11.2. The number of nitrogen functional groups attached to an aromatic ring is 1. The number of anilines is 2. The van der Waals surface area contributed by atoms with Gasteiger partial charge in [-0.3, -0.25) is 4.79 Å². The number of benzene rings is 1. The molecule has 1 aliphatic rings. The smallest absolute Gasteiger partial charge is 0.210 e. The molecule has 2 rings (SSSR count). The summed E-state index contributed by atoms with van der Waals surface area (Å²) in [5.41, 5.74) is 7.45. The van der Waals surface area contributed by atoms with Crippen LogP contribution in [0.1, 0.15) is 25.7 Å². The van der Waals surface area contributed by atoms with E-state index in [0.29, 0.717) is 24.8 Å². The maximum atomic E-state index is 11.2. The molecule has 1 fully saturated rings. The quantitative estimate of drug-likeness (QED) is 0.591. The van der Waals surface area contributed by atoms with Gasteiger partial charge in [0, 0.05) is 25.2 Å². The molecule has 0 aliphatic heterocycles. The van der Waals surface area contributed by atoms with Crippen molar-refractivity contribution < 1.29 is 9.53 Å². The number of carbonyl (C=O) groups excluding carboxylic acids is 1. The zero-order valence-corrected chi connectivity index (χ0v) is 12.0. The first-order chi connectivity index (χ1) is 9.74. The van der Waals surface area contributed by atoms with Crippen LogP contribution in [0.25, 0.3) is 0 Å². The minimum atomic E-state index is 0.414. The Morgan fingerprint density at radius 3 is 2.85 bits per heavy atom. The highest BCUT2D eigenvalue weighted by Gasteiger charge is 2.20. The van der Waals surface area contributed by atoms with E-state index in [1.165, 1.54) is 12.8 Å². The van der Waals surface area contributed by atoms with Crippen LogP contribution in [0.4, 0.5) is 11.4 Å². The number of hydrogen-bond acceptors (Lipinski definition) is 4. The third kappa shape index (κ3) is 3.56. The van der Waals surface area contributed by atoms with Gasteiger partial charge in [0.2, 0.25) is 6.41 Å². The number of hydrogen-bond donors (Lipinski definition) is 2. The standard InChI is InChI=1S/C15H23N3O2/c1-20-13-6-7-14(16)15(10-13)17-8-9-18(11-19)12-4-2-3-5-12/h6-7,10-12,17H,2-5,8-9,16H2,1H3. The average Bonchev–Trinajstić information content (AvgIpc) is 2.99. The molecule has 0 heterocycles. The summed E-state index contributed by atoms with van der Waals surface area (Å²) in [5, 5.41) is 3.27. The molecule has 20 heavy (non-hydrogen) atoms. The first-order valence-electron chi connectivity index (χ1n) is 7.13. The summed E-state index contributed by atoms with van der Waals surface area (Å²) in [7, 11) is 1.63. The lowest BCUT2D eigenvalue weighted by Gasteiger charge is -2.25. The van der Waals surface area contributed by atoms with Crippen LogP contribution in [0, 0.1) is 0 Å². The van der Waals surface area contributed by atoms with Crippen LogP contribution in [0.3, 0.4) is 0 Å². The van der Waals surface area contributed by atoms with Gasteiger partial charge in [0.15, 0.2) is 0 Å². The van der Waals surface area contributed by atoms with Gasteiger partial charge in [0.05, 0.1) is 18.5 Å². The van der Waals surface area contributed by atoms with Crippen molar-refractivity contribution in [1.82, 2.24) is 4.90 Å². The van der Waals surface area contributed by atoms with Crippen molar-refractivity contribution in [3.63, 3.8) is 0 Å². The van der Waals surface area contributed by atoms with Gasteiger partial charge in [0.1, 0.15) is 5.75 Å². The zero-order chi connectivity index (χ0) is 14.4. The molecule has 0 unspecified atom stereocenters. The molecule has 5 heteroatoms. The monoisotopic (exact) mass is 277 g/mol. The summed E-state index contributed by atoms with van der Waals surface area (Å²) < 4.78 is 5.18. The van der Waals surface area contributed by atoms with Gasteiger partial charge < -0.3 is 20.7 Å². The number of nitrogens with zero attached hydrogens (tertiary/aromatic N) is 1. The van der Waals surface area contributed by atoms with Gasteiger partial charge in [0.25, 0.3) is 0 Å². The molecule has 0 saturated heterocycles. The Labute approximate surface area is 120 Å². The lowest BCUT2D eigenvalue weighted by Crippen LogP contribution is -2.35. The van der Waals surface area contributed by atoms with Gasteiger partial charge in [-0.25, -0.2) is 0 Å². The number of nitrogens with two attached hydrogens (primary N) is 1. The zero-order valence-electron chi connectivity index (χ0n) is 12.0. The summed E-state index contributed by atoms with van der Waals surface area (Å²) >= 11 is 0. The first kappa shape index (κ1) is 14.5. The van der Waals surface area contributed by atoms with Gasteiger partial charge in [-0.1, -0.05) is 12.8 Å². The molecule has 1 saturated carbocycles. The van der Waals surface area contributed by atoms with Gasteiger partial charge in [-0.05, 0) is 25.0 Å². The van der Waals surface area contributed by atoms with Crippen LogP contribution in [-0.4, -0.2) is 37.6 Å². The SMILES string of the molecule is COc1ccc(N)c(NCCN(C=O)C2CCCC2)c1. The van der Waals surface area contributed by atoms with Crippen molar-refractivity contribution >= 4 is 17.8 Å². The molecule has 0 spiro atoms. The highest BCUT2D eigenvalue weighted by Crippen LogP contribution is 2.25. The van der Waals surface area contributed by atoms with Gasteiger partial charge in [-0.15, -0.1) is 0 Å². The van der Waals surface area contributed by atoms with E-state index < -0.39 is 0 Å². The lowest BCUT2D eigenvalue weighted by atomic mass is 10.2. The van der Waals surface area contributed by atoms with E-state index in [9.17, 15) is 4.79 Å². The van der Waals surface area contributed by atoms with Crippen LogP contribution in [0.2, 0.25) is 0 Å². The fourth-order valence-corrected chi connectivity index (χ4v) is 2.69. The van der Waals surface area contributed by atoms with E-state index >= 15 is 0 Å². The Hall–Kier alpha value is -1.91. The van der Waals surface area contributed by atoms with Crippen molar-refractivity contribution in [3.05, 3.63) is 18.2 Å². The summed E-state index contributed by atoms with van der Waals surface area (Å²) in [6.45, 7) is 1.39. The molecule has 1 aromatic carbocycles. The number of methoxy groups -OCH3 is 1. The minimum Gasteiger partial charge on any atom is -0.497 e. The largest absolute Gasteiger partial charge is 0.497 e. The number of ether oxygens (including phenoxy) is 1. The molecular formula is C15H23N3O2. The summed E-state index contributed by atoms with van der Waals surface area (Å²) in [4.78, 5) is 13.1. The van der Waals surface area contributed by atoms with E-state index in [1.807, 2.05) is 23.1 Å². The molecule has 0 aromatic heterocycles. The van der Waals surface area contributed by atoms with Crippen molar-refractivity contribution in [1.29, 1.82) is 0 Å². The van der Waals surface area contributed by atoms with Crippen molar-refractivity contribution in [2.45, 2.75) is 31.7 Å². The Morgan fingerprint density at radius 2 is 2.20 bits per heavy atom. The van der Waals surface area contributed by atoms with Crippen molar-refractivity contribution in [3.8, 4) is 5.75 Å². The highest BCUT2D eigenvalue weighted by atomic mass is 16.5. The molecule has 1 amide bonds. The molecule has 1 aromatic rings. The van der Waals surface area contributed by atoms with Crippen LogP contribution in [0.5, 0.6) is 5.75 Å². The molecule has 0 atom stereocenters. The first-order valence-corrected chi connectivity index (χ1v) is 7.13. The molecule has 0 radical (unpaired) electrons. The third-order valence-electron chi connectivity index (χ3n) is 3.88. The van der Waals surface area contributed by atoms with Gasteiger partial charge in [-0.2, -0.15) is 0 Å². The topological polar surface area (TPSA) is 67.6 Å². The Morgan fingerprint density at radius 1 is 1.45 bits per heavy atom. The second kappa shape index (κ2) is 7.03. The molecular weight excluding hydrogens is 254 g/mol. The summed E-state index contributed by atoms with van der Waals surface area (Å²) in [6, 6.07) is 5.93. The van der Waals surface area contributed by atoms with Crippen molar-refractivity contribution in [2.24, 2.45) is 0 Å². The Kier molecular flexibility index (Phi) is 5.09. The van der Waals surface area contributed by atoms with Crippen LogP contribution in [0.15, 0.2) is 18.2 Å². The van der Waals surface area contributed by atoms with Crippen LogP contribution < -0.4 is 15.8 Å². The number of nitrogens with one attached hydrogen (secondary N) is 1. The maximum Gasteiger partial charge on any atom is 0.210 e. The van der Waals surface area contributed by atoms with Crippen LogP contribution >= 0.6 is 0 Å². The third-order valence-corrected chi connectivity index (χ3v) is 3.88. The van der Waals surface area contributed by atoms with E-state index in [4.69, 9.17) is 10.5 Å². The summed E-state index contributed by atoms with van der Waals surface area (Å²) in [6.07, 6.45) is 5.67. The van der Waals surface area contributed by atoms with E-state index in [1.54, 1.807) is 7.11 Å². The second-order valence-electron chi connectivity index (χ2n) is 5.16. The molecule has 110 valence electrons. The molecule has 3 N–H and O–H groups in total. The fourth-order valence-electron chi connectivity index (χ4n) is 2.69. The van der Waals surface area contributed by atoms with E-state index in [0.717, 1.165) is 30.7 Å². The molecule has 1 aliphatic carbocycles. The number of amides is 1. The lowest BCUT2D eigenvalue weighted by molar-refractivity contribution is -0.119. The highest BCUT2D eigenvalue weighted by molar-refractivity contribution is 5.68. The number of rotatable bonds is 7. The normalized spacial score (nSPS) is 15.1. The predicted molar refractivity (Wildman–Crippen MR) is 80.9 cm³/mol. The Balaban J connectivity index is 1.86. The summed E-state index contributed by atoms with van der Waals surface area (Å²) in [5.74, 6) is 0.768. The Bertz CT molecular complexity index is 445. The van der Waals surface area contributed by atoms with E-state index in [2.05, 4.69) is 5.32 Å². The molecule has 5 nitrogen and oxygen atoms in total. The van der Waals surface area contributed by atoms with Gasteiger partial charge >= 0.3 is 0 Å². The predicted octanol–water partition coefficient (Wildman–Crippen LogP) is 2.09. The molecule has 0 bridgehead atoms. The average molecular weight is 277 g/mol. The number of carbonyl (C=O) groups is 1. The van der Waals surface area contributed by atoms with E-state index in [-0.39, 0.29) is 0 Å². The van der Waals surface area contributed by atoms with Crippen molar-refractivity contribution in [2.75, 3.05) is 31.2 Å².